The normalized spacial score (nSPS) is 11.4. The second kappa shape index (κ2) is 6.00. The summed E-state index contributed by atoms with van der Waals surface area (Å²) in [5.41, 5.74) is 0.760. The molecule has 0 radical (unpaired) electrons. The summed E-state index contributed by atoms with van der Waals surface area (Å²) >= 11 is 0. The molecule has 0 spiro atoms. The van der Waals surface area contributed by atoms with Gasteiger partial charge in [-0.3, -0.25) is 4.79 Å². The highest BCUT2D eigenvalue weighted by Gasteiger charge is 2.15. The van der Waals surface area contributed by atoms with Crippen LogP contribution in [0.4, 0.5) is 4.39 Å². The Labute approximate surface area is 118 Å². The minimum Gasteiger partial charge on any atom is -0.502 e. The van der Waals surface area contributed by atoms with E-state index in [0.717, 1.165) is 5.56 Å². The number of oxazole rings is 1. The highest BCUT2D eigenvalue weighted by molar-refractivity contribution is 6.04. The van der Waals surface area contributed by atoms with Crippen molar-refractivity contribution in [3.05, 3.63) is 65.3 Å². The van der Waals surface area contributed by atoms with E-state index >= 15 is 0 Å². The Morgan fingerprint density at radius 3 is 2.52 bits per heavy atom. The number of nitrogens with zero attached hydrogens (tertiary/aromatic N) is 1. The van der Waals surface area contributed by atoms with Crippen LogP contribution in [0.2, 0.25) is 0 Å². The molecular weight excluding hydrogens is 281 g/mol. The van der Waals surface area contributed by atoms with E-state index in [9.17, 15) is 14.0 Å². The molecule has 0 fully saturated rings. The zero-order valence-electron chi connectivity index (χ0n) is 10.6. The molecular formula is C14H10FNO5. The number of benzene rings is 1. The first kappa shape index (κ1) is 14.4. The molecule has 21 heavy (non-hydrogen) atoms. The summed E-state index contributed by atoms with van der Waals surface area (Å²) in [7, 11) is 0. The molecule has 1 aromatic carbocycles. The molecule has 2 aromatic rings. The summed E-state index contributed by atoms with van der Waals surface area (Å²) in [5, 5.41) is 17.4. The molecule has 0 saturated heterocycles. The van der Waals surface area contributed by atoms with Gasteiger partial charge in [0.15, 0.2) is 0 Å². The molecule has 1 heterocycles. The molecule has 0 unspecified atom stereocenters. The second-order valence-electron chi connectivity index (χ2n) is 4.13. The van der Waals surface area contributed by atoms with Gasteiger partial charge in [-0.2, -0.15) is 0 Å². The van der Waals surface area contributed by atoms with Gasteiger partial charge in [-0.25, -0.2) is 14.2 Å². The van der Waals surface area contributed by atoms with Crippen LogP contribution in [0.3, 0.4) is 0 Å². The second-order valence-corrected chi connectivity index (χ2v) is 4.13. The molecule has 1 aromatic heterocycles. The fourth-order valence-electron chi connectivity index (χ4n) is 1.55. The lowest BCUT2D eigenvalue weighted by atomic mass is 10.1. The van der Waals surface area contributed by atoms with Crippen LogP contribution in [0, 0.1) is 5.82 Å². The lowest BCUT2D eigenvalue weighted by Gasteiger charge is -1.97. The van der Waals surface area contributed by atoms with Gasteiger partial charge in [0, 0.05) is 12.5 Å². The molecule has 108 valence electrons. The highest BCUT2D eigenvalue weighted by atomic mass is 19.1. The number of aliphatic hydroxyl groups is 1. The minimum absolute atomic E-state index is 0.301. The number of hydrogen-bond donors (Lipinski definition) is 2. The van der Waals surface area contributed by atoms with Crippen molar-refractivity contribution in [2.45, 2.75) is 6.42 Å². The summed E-state index contributed by atoms with van der Waals surface area (Å²) in [6.45, 7) is 0. The lowest BCUT2D eigenvalue weighted by Crippen LogP contribution is -2.04. The van der Waals surface area contributed by atoms with Crippen molar-refractivity contribution in [1.82, 2.24) is 4.98 Å². The standard InChI is InChI=1S/C14H10FNO5/c15-9-3-1-8(2-4-9)5-10-7-16-13(21-10)11(17)6-12(18)14(19)20/h1-4,6-7,18H,5H2,(H,19,20). The number of aliphatic hydroxyl groups excluding tert-OH is 1. The highest BCUT2D eigenvalue weighted by Crippen LogP contribution is 2.12. The number of ketones is 1. The Bertz CT molecular complexity index is 702. The van der Waals surface area contributed by atoms with Crippen LogP contribution in [0.15, 0.2) is 46.7 Å². The fraction of sp³-hybridized carbons (Fsp3) is 0.0714. The summed E-state index contributed by atoms with van der Waals surface area (Å²) in [6.07, 6.45) is 2.12. The number of hydrogen-bond acceptors (Lipinski definition) is 5. The first-order valence-corrected chi connectivity index (χ1v) is 5.83. The Morgan fingerprint density at radius 2 is 1.90 bits per heavy atom. The molecule has 2 rings (SSSR count). The molecule has 6 nitrogen and oxygen atoms in total. The van der Waals surface area contributed by atoms with Crippen LogP contribution in [-0.2, 0) is 11.2 Å². The Morgan fingerprint density at radius 1 is 1.24 bits per heavy atom. The quantitative estimate of drug-likeness (QED) is 0.497. The summed E-state index contributed by atoms with van der Waals surface area (Å²) < 4.78 is 17.9. The van der Waals surface area contributed by atoms with Crippen LogP contribution < -0.4 is 0 Å². The number of aromatic nitrogens is 1. The molecule has 0 bridgehead atoms. The lowest BCUT2D eigenvalue weighted by molar-refractivity contribution is -0.135. The maximum atomic E-state index is 12.8. The van der Waals surface area contributed by atoms with E-state index < -0.39 is 17.5 Å². The van der Waals surface area contributed by atoms with E-state index in [-0.39, 0.29) is 11.7 Å². The van der Waals surface area contributed by atoms with Gasteiger partial charge in [-0.05, 0) is 17.7 Å². The van der Waals surface area contributed by atoms with Gasteiger partial charge in [0.2, 0.25) is 11.5 Å². The molecule has 0 aliphatic carbocycles. The average Bonchev–Trinajstić information content (AvgIpc) is 2.90. The van der Waals surface area contributed by atoms with Crippen molar-refractivity contribution >= 4 is 11.8 Å². The first-order chi connectivity index (χ1) is 9.95. The van der Waals surface area contributed by atoms with Gasteiger partial charge < -0.3 is 14.6 Å². The summed E-state index contributed by atoms with van der Waals surface area (Å²) in [6, 6.07) is 5.72. The van der Waals surface area contributed by atoms with E-state index in [0.29, 0.717) is 18.3 Å². The smallest absolute Gasteiger partial charge is 0.371 e. The van der Waals surface area contributed by atoms with Gasteiger partial charge in [-0.15, -0.1) is 0 Å². The van der Waals surface area contributed by atoms with Crippen molar-refractivity contribution in [3.8, 4) is 0 Å². The molecule has 0 atom stereocenters. The fourth-order valence-corrected chi connectivity index (χ4v) is 1.55. The Balaban J connectivity index is 2.11. The number of carbonyl (C=O) groups excluding carboxylic acids is 1. The maximum absolute atomic E-state index is 12.8. The number of carboxylic acids is 1. The number of allylic oxidation sites excluding steroid dienone is 1. The van der Waals surface area contributed by atoms with Crippen molar-refractivity contribution in [3.63, 3.8) is 0 Å². The van der Waals surface area contributed by atoms with Gasteiger partial charge in [0.25, 0.3) is 5.89 Å². The molecule has 0 aliphatic rings. The summed E-state index contributed by atoms with van der Waals surface area (Å²) in [4.78, 5) is 25.7. The number of rotatable bonds is 5. The predicted octanol–water partition coefficient (Wildman–Crippen LogP) is 2.11. The van der Waals surface area contributed by atoms with Gasteiger partial charge in [-0.1, -0.05) is 12.1 Å². The zero-order valence-corrected chi connectivity index (χ0v) is 10.6. The largest absolute Gasteiger partial charge is 0.502 e. The third-order valence-corrected chi connectivity index (χ3v) is 2.54. The van der Waals surface area contributed by atoms with Gasteiger partial charge >= 0.3 is 5.97 Å². The number of carbonyl (C=O) groups is 2. The van der Waals surface area contributed by atoms with Gasteiger partial charge in [0.05, 0.1) is 6.20 Å². The monoisotopic (exact) mass is 291 g/mol. The third kappa shape index (κ3) is 3.75. The molecule has 7 heteroatoms. The van der Waals surface area contributed by atoms with Crippen molar-refractivity contribution in [2.24, 2.45) is 0 Å². The van der Waals surface area contributed by atoms with Crippen molar-refractivity contribution in [2.75, 3.05) is 0 Å². The van der Waals surface area contributed by atoms with E-state index in [1.54, 1.807) is 12.1 Å². The minimum atomic E-state index is -1.62. The first-order valence-electron chi connectivity index (χ1n) is 5.83. The number of carboxylic acid groups (broad SMARTS) is 1. The molecule has 0 saturated carbocycles. The van der Waals surface area contributed by atoms with E-state index in [4.69, 9.17) is 14.6 Å². The van der Waals surface area contributed by atoms with Crippen LogP contribution in [0.25, 0.3) is 0 Å². The van der Waals surface area contributed by atoms with Crippen LogP contribution in [0.5, 0.6) is 0 Å². The van der Waals surface area contributed by atoms with Crippen LogP contribution in [-0.4, -0.2) is 26.9 Å². The topological polar surface area (TPSA) is 101 Å². The number of aliphatic carboxylic acids is 1. The van der Waals surface area contributed by atoms with Crippen molar-refractivity contribution in [1.29, 1.82) is 0 Å². The summed E-state index contributed by atoms with van der Waals surface area (Å²) in [5.74, 6) is -3.92. The Hall–Kier alpha value is -2.96. The zero-order chi connectivity index (χ0) is 15.4. The van der Waals surface area contributed by atoms with Crippen LogP contribution >= 0.6 is 0 Å². The number of halogens is 1. The SMILES string of the molecule is O=C(O)C(O)=CC(=O)c1ncc(Cc2ccc(F)cc2)o1. The molecule has 0 amide bonds. The predicted molar refractivity (Wildman–Crippen MR) is 68.4 cm³/mol. The third-order valence-electron chi connectivity index (χ3n) is 2.54. The van der Waals surface area contributed by atoms with E-state index in [2.05, 4.69) is 4.98 Å². The Kier molecular flexibility index (Phi) is 4.13. The van der Waals surface area contributed by atoms with Gasteiger partial charge in [0.1, 0.15) is 11.6 Å². The van der Waals surface area contributed by atoms with E-state index in [1.807, 2.05) is 0 Å². The maximum Gasteiger partial charge on any atom is 0.371 e. The van der Waals surface area contributed by atoms with Crippen LogP contribution in [0.1, 0.15) is 22.0 Å². The molecule has 2 N–H and O–H groups in total. The van der Waals surface area contributed by atoms with E-state index in [1.165, 1.54) is 18.3 Å². The average molecular weight is 291 g/mol. The molecule has 0 aliphatic heterocycles. The van der Waals surface area contributed by atoms with Crippen molar-refractivity contribution < 1.29 is 28.6 Å².